The Morgan fingerprint density at radius 1 is 1.38 bits per heavy atom. The zero-order chi connectivity index (χ0) is 9.59. The number of rotatable bonds is 0. The Kier molecular flexibility index (Phi) is 2.03. The molecule has 2 heteroatoms. The molecule has 0 aromatic carbocycles. The molecule has 1 heterocycles. The minimum atomic E-state index is 0.222. The maximum Gasteiger partial charge on any atom is 0.159 e. The first-order valence-corrected chi connectivity index (χ1v) is 5.03. The third-order valence-corrected chi connectivity index (χ3v) is 3.45. The molecule has 0 aromatic rings. The maximum atomic E-state index is 11.5. The summed E-state index contributed by atoms with van der Waals surface area (Å²) in [6, 6.07) is 0. The summed E-state index contributed by atoms with van der Waals surface area (Å²) in [5.74, 6) is 1.63. The van der Waals surface area contributed by atoms with Crippen molar-refractivity contribution < 1.29 is 4.79 Å². The molecule has 0 spiro atoms. The fourth-order valence-corrected chi connectivity index (χ4v) is 2.64. The van der Waals surface area contributed by atoms with E-state index in [1.165, 1.54) is 5.57 Å². The van der Waals surface area contributed by atoms with Crippen molar-refractivity contribution in [3.05, 3.63) is 11.6 Å². The van der Waals surface area contributed by atoms with Gasteiger partial charge in [-0.1, -0.05) is 19.4 Å². The smallest absolute Gasteiger partial charge is 0.159 e. The summed E-state index contributed by atoms with van der Waals surface area (Å²) in [4.78, 5) is 13.8. The van der Waals surface area contributed by atoms with Gasteiger partial charge in [0.25, 0.3) is 0 Å². The number of nitrogens with zero attached hydrogens (tertiary/aromatic N) is 1. The van der Waals surface area contributed by atoms with E-state index in [-0.39, 0.29) is 5.92 Å². The van der Waals surface area contributed by atoms with Crippen LogP contribution in [0.3, 0.4) is 0 Å². The third-order valence-electron chi connectivity index (χ3n) is 3.45. The minimum Gasteiger partial charge on any atom is -0.305 e. The predicted octanol–water partition coefficient (Wildman–Crippen LogP) is 1.33. The zero-order valence-electron chi connectivity index (χ0n) is 8.58. The van der Waals surface area contributed by atoms with Crippen molar-refractivity contribution in [3.8, 4) is 0 Å². The molecule has 2 nitrogen and oxygen atoms in total. The van der Waals surface area contributed by atoms with Crippen LogP contribution in [-0.4, -0.2) is 30.8 Å². The van der Waals surface area contributed by atoms with Gasteiger partial charge in [0, 0.05) is 24.9 Å². The van der Waals surface area contributed by atoms with Gasteiger partial charge in [-0.2, -0.15) is 0 Å². The second-order valence-corrected chi connectivity index (χ2v) is 4.56. The normalized spacial score (nSPS) is 40.4. The lowest BCUT2D eigenvalue weighted by atomic mass is 9.82. The molecule has 1 aliphatic carbocycles. The van der Waals surface area contributed by atoms with Crippen LogP contribution in [0.15, 0.2) is 11.6 Å². The Bertz CT molecular complexity index is 269. The van der Waals surface area contributed by atoms with E-state index in [0.717, 1.165) is 13.1 Å². The van der Waals surface area contributed by atoms with Crippen LogP contribution in [0.2, 0.25) is 0 Å². The van der Waals surface area contributed by atoms with Crippen molar-refractivity contribution in [2.24, 2.45) is 17.8 Å². The molecule has 0 aromatic heterocycles. The van der Waals surface area contributed by atoms with Crippen molar-refractivity contribution in [2.75, 3.05) is 20.1 Å². The van der Waals surface area contributed by atoms with E-state index in [1.54, 1.807) is 0 Å². The molecule has 0 unspecified atom stereocenters. The van der Waals surface area contributed by atoms with E-state index in [4.69, 9.17) is 0 Å². The Morgan fingerprint density at radius 3 is 2.77 bits per heavy atom. The van der Waals surface area contributed by atoms with Gasteiger partial charge >= 0.3 is 0 Å². The van der Waals surface area contributed by atoms with Crippen LogP contribution in [0.25, 0.3) is 0 Å². The van der Waals surface area contributed by atoms with E-state index in [9.17, 15) is 4.79 Å². The molecule has 0 saturated carbocycles. The average molecular weight is 179 g/mol. The highest BCUT2D eigenvalue weighted by molar-refractivity contribution is 5.95. The second-order valence-electron chi connectivity index (χ2n) is 4.56. The van der Waals surface area contributed by atoms with E-state index in [2.05, 4.69) is 25.8 Å². The zero-order valence-corrected chi connectivity index (χ0v) is 8.58. The van der Waals surface area contributed by atoms with Crippen LogP contribution in [0, 0.1) is 17.8 Å². The number of carbonyl (C=O) groups is 1. The summed E-state index contributed by atoms with van der Waals surface area (Å²) in [6.45, 7) is 6.44. The number of hydrogen-bond acceptors (Lipinski definition) is 2. The number of likely N-dealkylation sites (tertiary alicyclic amines) is 1. The molecule has 0 bridgehead atoms. The summed E-state index contributed by atoms with van der Waals surface area (Å²) in [5.41, 5.74) is 1.40. The van der Waals surface area contributed by atoms with E-state index < -0.39 is 0 Å². The monoisotopic (exact) mass is 179 g/mol. The van der Waals surface area contributed by atoms with Gasteiger partial charge in [-0.25, -0.2) is 0 Å². The number of fused-ring (bicyclic) bond motifs is 1. The van der Waals surface area contributed by atoms with Crippen molar-refractivity contribution in [1.82, 2.24) is 4.90 Å². The topological polar surface area (TPSA) is 20.3 Å². The molecule has 1 saturated heterocycles. The molecule has 2 rings (SSSR count). The average Bonchev–Trinajstić information content (AvgIpc) is 2.32. The molecule has 13 heavy (non-hydrogen) atoms. The highest BCUT2D eigenvalue weighted by atomic mass is 16.1. The predicted molar refractivity (Wildman–Crippen MR) is 52.4 cm³/mol. The lowest BCUT2D eigenvalue weighted by Crippen LogP contribution is -2.39. The lowest BCUT2D eigenvalue weighted by Gasteiger charge is -2.35. The molecular weight excluding hydrogens is 162 g/mol. The molecule has 0 N–H and O–H groups in total. The van der Waals surface area contributed by atoms with Gasteiger partial charge in [-0.3, -0.25) is 4.79 Å². The second kappa shape index (κ2) is 2.95. The molecule has 2 aliphatic rings. The van der Waals surface area contributed by atoms with Crippen molar-refractivity contribution in [2.45, 2.75) is 13.8 Å². The van der Waals surface area contributed by atoms with Crippen LogP contribution in [0.4, 0.5) is 0 Å². The van der Waals surface area contributed by atoms with Crippen LogP contribution < -0.4 is 0 Å². The summed E-state index contributed by atoms with van der Waals surface area (Å²) < 4.78 is 0. The number of ketones is 1. The highest BCUT2D eigenvalue weighted by Gasteiger charge is 2.38. The van der Waals surface area contributed by atoms with Gasteiger partial charge in [0.05, 0.1) is 0 Å². The number of carbonyl (C=O) groups excluding carboxylic acids is 1. The first-order valence-electron chi connectivity index (χ1n) is 5.03. The van der Waals surface area contributed by atoms with Crippen molar-refractivity contribution in [1.29, 1.82) is 0 Å². The maximum absolute atomic E-state index is 11.5. The Hall–Kier alpha value is -0.630. The van der Waals surface area contributed by atoms with Crippen LogP contribution in [-0.2, 0) is 4.79 Å². The Morgan fingerprint density at radius 2 is 2.08 bits per heavy atom. The van der Waals surface area contributed by atoms with E-state index >= 15 is 0 Å². The SMILES string of the molecule is C[C@H]1CN(C)C[C@H]2C1=CC(=O)[C@@H]2C. The molecule has 0 radical (unpaired) electrons. The summed E-state index contributed by atoms with van der Waals surface area (Å²) >= 11 is 0. The first-order chi connectivity index (χ1) is 6.09. The minimum absolute atomic E-state index is 0.222. The van der Waals surface area contributed by atoms with Crippen LogP contribution >= 0.6 is 0 Å². The molecular formula is C11H17NO. The van der Waals surface area contributed by atoms with Crippen molar-refractivity contribution in [3.63, 3.8) is 0 Å². The van der Waals surface area contributed by atoms with Gasteiger partial charge in [-0.15, -0.1) is 0 Å². The third kappa shape index (κ3) is 1.33. The lowest BCUT2D eigenvalue weighted by molar-refractivity contribution is -0.117. The summed E-state index contributed by atoms with van der Waals surface area (Å²) in [6.07, 6.45) is 1.90. The fraction of sp³-hybridized carbons (Fsp3) is 0.727. The molecule has 0 amide bonds. The van der Waals surface area contributed by atoms with Crippen LogP contribution in [0.5, 0.6) is 0 Å². The summed E-state index contributed by atoms with van der Waals surface area (Å²) in [7, 11) is 2.14. The van der Waals surface area contributed by atoms with Gasteiger partial charge in [0.15, 0.2) is 5.78 Å². The quantitative estimate of drug-likeness (QED) is 0.559. The van der Waals surface area contributed by atoms with Gasteiger partial charge in [-0.05, 0) is 19.0 Å². The van der Waals surface area contributed by atoms with Gasteiger partial charge < -0.3 is 4.90 Å². The molecule has 72 valence electrons. The van der Waals surface area contributed by atoms with E-state index in [0.29, 0.717) is 17.6 Å². The number of hydrogen-bond donors (Lipinski definition) is 0. The first kappa shape index (κ1) is 8.95. The number of piperidine rings is 1. The Labute approximate surface area is 79.6 Å². The molecule has 1 aliphatic heterocycles. The highest BCUT2D eigenvalue weighted by Crippen LogP contribution is 2.37. The van der Waals surface area contributed by atoms with Gasteiger partial charge in [0.1, 0.15) is 0 Å². The fourth-order valence-electron chi connectivity index (χ4n) is 2.64. The van der Waals surface area contributed by atoms with Crippen molar-refractivity contribution >= 4 is 5.78 Å². The molecule has 3 atom stereocenters. The van der Waals surface area contributed by atoms with E-state index in [1.807, 2.05) is 6.08 Å². The standard InChI is InChI=1S/C11H17NO/c1-7-5-12(3)6-10-8(2)11(13)4-9(7)10/h4,7-8,10H,5-6H2,1-3H3/t7-,8+,10+/m0/s1. The number of allylic oxidation sites excluding steroid dienone is 1. The van der Waals surface area contributed by atoms with Gasteiger partial charge in [0.2, 0.25) is 0 Å². The largest absolute Gasteiger partial charge is 0.305 e. The Balaban J connectivity index is 2.26. The van der Waals surface area contributed by atoms with Crippen LogP contribution in [0.1, 0.15) is 13.8 Å². The molecule has 1 fully saturated rings. The summed E-state index contributed by atoms with van der Waals surface area (Å²) in [5, 5.41) is 0.